The van der Waals surface area contributed by atoms with Gasteiger partial charge in [-0.25, -0.2) is 9.78 Å². The summed E-state index contributed by atoms with van der Waals surface area (Å²) in [7, 11) is 0. The Balaban J connectivity index is 0.000000671. The smallest absolute Gasteiger partial charge is 0.337 e. The lowest BCUT2D eigenvalue weighted by atomic mass is 10.3. The normalized spacial score (nSPS) is 8.62. The number of nitrogens with zero attached hydrogens (tertiary/aromatic N) is 1. The van der Waals surface area contributed by atoms with E-state index in [1.165, 1.54) is 12.3 Å². The molecule has 1 aromatic rings. The van der Waals surface area contributed by atoms with Gasteiger partial charge in [-0.3, -0.25) is 11.7 Å². The zero-order valence-electron chi connectivity index (χ0n) is 6.37. The predicted octanol–water partition coefficient (Wildman–Crippen LogP) is 1.01. The summed E-state index contributed by atoms with van der Waals surface area (Å²) in [5, 5.41) is 8.76. The van der Waals surface area contributed by atoms with E-state index >= 15 is 0 Å². The minimum absolute atomic E-state index is 0.112. The van der Waals surface area contributed by atoms with Crippen molar-refractivity contribution < 1.29 is 9.90 Å². The largest absolute Gasteiger partial charge is 0.478 e. The Morgan fingerprint density at radius 3 is 2.54 bits per heavy atom. The molecule has 0 aliphatic carbocycles. The van der Waals surface area contributed by atoms with Gasteiger partial charge >= 0.3 is 5.97 Å². The van der Waals surface area contributed by atoms with Gasteiger partial charge in [-0.05, 0) is 22.0 Å². The Hall–Kier alpha value is -0.690. The van der Waals surface area contributed by atoms with E-state index in [9.17, 15) is 4.79 Å². The van der Waals surface area contributed by atoms with Crippen LogP contribution in [0.5, 0.6) is 0 Å². The molecule has 0 atom stereocenters. The van der Waals surface area contributed by atoms with Gasteiger partial charge in [0, 0.05) is 6.20 Å². The lowest BCUT2D eigenvalue weighted by Gasteiger charge is -1.95. The number of hydrogen-bond donors (Lipinski definition) is 3. The van der Waals surface area contributed by atoms with Crippen molar-refractivity contribution in [3.63, 3.8) is 0 Å². The van der Waals surface area contributed by atoms with Crippen molar-refractivity contribution in [2.24, 2.45) is 11.7 Å². The third-order valence-electron chi connectivity index (χ3n) is 1.04. The Morgan fingerprint density at radius 1 is 1.62 bits per heavy atom. The first-order valence-electron chi connectivity index (χ1n) is 2.99. The van der Waals surface area contributed by atoms with Crippen molar-refractivity contribution in [1.29, 1.82) is 0 Å². The van der Waals surface area contributed by atoms with E-state index in [1.54, 1.807) is 0 Å². The summed E-state index contributed by atoms with van der Waals surface area (Å²) in [5.41, 5.74) is 0.112. The number of hydrazine groups is 1. The number of pyridine rings is 1. The van der Waals surface area contributed by atoms with Crippen LogP contribution in [0, 0.1) is 0 Å². The maximum Gasteiger partial charge on any atom is 0.337 e. The number of rotatable bonds is 1. The molecule has 1 aromatic heterocycles. The van der Waals surface area contributed by atoms with Gasteiger partial charge in [0.2, 0.25) is 0 Å². The summed E-state index contributed by atoms with van der Waals surface area (Å²) in [5.74, 6) is 6.98. The first-order chi connectivity index (χ1) is 6.11. The van der Waals surface area contributed by atoms with E-state index in [0.717, 1.165) is 0 Å². The fraction of sp³-hybridized carbons (Fsp3) is 0. The molecule has 0 amide bonds. The molecule has 0 spiro atoms. The van der Waals surface area contributed by atoms with Crippen molar-refractivity contribution in [2.45, 2.75) is 0 Å². The molecule has 0 unspecified atom stereocenters. The van der Waals surface area contributed by atoms with Crippen LogP contribution < -0.4 is 11.7 Å². The minimum atomic E-state index is -1.02. The SMILES string of the molecule is NN.O=C(O)c1cnc(Cl)c(Br)c1. The number of nitrogens with two attached hydrogens (primary N) is 2. The van der Waals surface area contributed by atoms with Gasteiger partial charge in [-0.15, -0.1) is 0 Å². The molecule has 0 fully saturated rings. The molecule has 7 heteroatoms. The summed E-state index contributed by atoms with van der Waals surface area (Å²) >= 11 is 8.59. The van der Waals surface area contributed by atoms with Gasteiger partial charge < -0.3 is 5.11 Å². The highest BCUT2D eigenvalue weighted by molar-refractivity contribution is 9.10. The van der Waals surface area contributed by atoms with Gasteiger partial charge in [0.25, 0.3) is 0 Å². The highest BCUT2D eigenvalue weighted by atomic mass is 79.9. The van der Waals surface area contributed by atoms with Gasteiger partial charge in [0.1, 0.15) is 5.15 Å². The van der Waals surface area contributed by atoms with Crippen LogP contribution in [0.2, 0.25) is 5.15 Å². The fourth-order valence-electron chi connectivity index (χ4n) is 0.538. The van der Waals surface area contributed by atoms with Crippen LogP contribution in [-0.4, -0.2) is 16.1 Å². The molecule has 5 N–H and O–H groups in total. The number of aromatic nitrogens is 1. The van der Waals surface area contributed by atoms with Crippen LogP contribution in [0.1, 0.15) is 10.4 Å². The maximum atomic E-state index is 10.4. The summed E-state index contributed by atoms with van der Waals surface area (Å²) in [6.45, 7) is 0. The van der Waals surface area contributed by atoms with Crippen LogP contribution in [0.15, 0.2) is 16.7 Å². The number of carboxylic acid groups (broad SMARTS) is 1. The zero-order chi connectivity index (χ0) is 10.4. The topological polar surface area (TPSA) is 102 Å². The first-order valence-corrected chi connectivity index (χ1v) is 4.16. The van der Waals surface area contributed by atoms with Crippen molar-refractivity contribution >= 4 is 33.5 Å². The second kappa shape index (κ2) is 5.87. The molecule has 0 radical (unpaired) electrons. The molecule has 5 nitrogen and oxygen atoms in total. The first kappa shape index (κ1) is 12.3. The third-order valence-corrected chi connectivity index (χ3v) is 2.18. The Labute approximate surface area is 87.8 Å². The van der Waals surface area contributed by atoms with Gasteiger partial charge in [0.05, 0.1) is 10.0 Å². The number of aromatic carboxylic acids is 1. The second-order valence-corrected chi connectivity index (χ2v) is 3.01. The van der Waals surface area contributed by atoms with Crippen molar-refractivity contribution in [2.75, 3.05) is 0 Å². The number of carbonyl (C=O) groups is 1. The molecule has 1 rings (SSSR count). The zero-order valence-corrected chi connectivity index (χ0v) is 8.71. The predicted molar refractivity (Wildman–Crippen MR) is 52.3 cm³/mol. The van der Waals surface area contributed by atoms with Crippen molar-refractivity contribution in [3.05, 3.63) is 27.5 Å². The van der Waals surface area contributed by atoms with E-state index in [2.05, 4.69) is 32.6 Å². The molecule has 13 heavy (non-hydrogen) atoms. The molecular formula is C6H7BrClN3O2. The highest BCUT2D eigenvalue weighted by Gasteiger charge is 2.05. The van der Waals surface area contributed by atoms with E-state index in [4.69, 9.17) is 16.7 Å². The molecule has 72 valence electrons. The maximum absolute atomic E-state index is 10.4. The van der Waals surface area contributed by atoms with Crippen molar-refractivity contribution in [1.82, 2.24) is 4.98 Å². The molecular weight excluding hydrogens is 261 g/mol. The third kappa shape index (κ3) is 3.69. The standard InChI is InChI=1S/C6H3BrClNO2.H4N2/c7-4-1-3(6(10)11)2-9-5(4)8;1-2/h1-2H,(H,10,11);1-2H2. The molecule has 0 aliphatic rings. The van der Waals surface area contributed by atoms with E-state index in [-0.39, 0.29) is 10.7 Å². The van der Waals surface area contributed by atoms with Crippen LogP contribution in [-0.2, 0) is 0 Å². The number of carboxylic acids is 1. The molecule has 0 aliphatic heterocycles. The summed E-state index contributed by atoms with van der Waals surface area (Å²) in [6, 6.07) is 1.40. The summed E-state index contributed by atoms with van der Waals surface area (Å²) in [6.07, 6.45) is 1.20. The summed E-state index contributed by atoms with van der Waals surface area (Å²) < 4.78 is 0.485. The van der Waals surface area contributed by atoms with E-state index in [0.29, 0.717) is 4.47 Å². The molecule has 0 bridgehead atoms. The van der Waals surface area contributed by atoms with Crippen LogP contribution in [0.3, 0.4) is 0 Å². The van der Waals surface area contributed by atoms with Crippen molar-refractivity contribution in [3.8, 4) is 0 Å². The molecule has 0 saturated heterocycles. The fourth-order valence-corrected chi connectivity index (χ4v) is 0.991. The highest BCUT2D eigenvalue weighted by Crippen LogP contribution is 2.20. The van der Waals surface area contributed by atoms with Gasteiger partial charge in [-0.2, -0.15) is 0 Å². The lowest BCUT2D eigenvalue weighted by molar-refractivity contribution is 0.0696. The number of halogens is 2. The summed E-state index contributed by atoms with van der Waals surface area (Å²) in [4.78, 5) is 14.0. The average Bonchev–Trinajstić information content (AvgIpc) is 2.13. The molecule has 1 heterocycles. The lowest BCUT2D eigenvalue weighted by Crippen LogP contribution is -2.02. The monoisotopic (exact) mass is 267 g/mol. The quantitative estimate of drug-likeness (QED) is 0.401. The molecule has 0 saturated carbocycles. The van der Waals surface area contributed by atoms with Gasteiger partial charge in [0.15, 0.2) is 0 Å². The van der Waals surface area contributed by atoms with Crippen LogP contribution in [0.25, 0.3) is 0 Å². The average molecular weight is 268 g/mol. The minimum Gasteiger partial charge on any atom is -0.478 e. The van der Waals surface area contributed by atoms with Crippen LogP contribution in [0.4, 0.5) is 0 Å². The van der Waals surface area contributed by atoms with E-state index in [1.807, 2.05) is 0 Å². The van der Waals surface area contributed by atoms with E-state index < -0.39 is 5.97 Å². The second-order valence-electron chi connectivity index (χ2n) is 1.80. The Bertz CT molecular complexity index is 308. The Kier molecular flexibility index (Phi) is 5.56. The number of hydrogen-bond acceptors (Lipinski definition) is 4. The Morgan fingerprint density at radius 2 is 2.15 bits per heavy atom. The van der Waals surface area contributed by atoms with Gasteiger partial charge in [-0.1, -0.05) is 11.6 Å². The van der Waals surface area contributed by atoms with Crippen LogP contribution >= 0.6 is 27.5 Å². The molecule has 0 aromatic carbocycles.